The van der Waals surface area contributed by atoms with Gasteiger partial charge in [-0.1, -0.05) is 0 Å². The van der Waals surface area contributed by atoms with Crippen molar-refractivity contribution in [3.63, 3.8) is 0 Å². The molecule has 5 rings (SSSR count). The lowest BCUT2D eigenvalue weighted by atomic mass is 9.76. The van der Waals surface area contributed by atoms with Crippen molar-refractivity contribution in [3.8, 4) is 0 Å². The Labute approximate surface area is 168 Å². The average molecular weight is 393 g/mol. The van der Waals surface area contributed by atoms with Gasteiger partial charge in [0.05, 0.1) is 18.3 Å². The van der Waals surface area contributed by atoms with Crippen LogP contribution >= 0.6 is 0 Å². The Balaban J connectivity index is 1.26. The molecule has 29 heavy (non-hydrogen) atoms. The maximum absolute atomic E-state index is 13.0. The van der Waals surface area contributed by atoms with Crippen molar-refractivity contribution >= 4 is 22.9 Å². The van der Waals surface area contributed by atoms with Crippen LogP contribution in [-0.4, -0.2) is 55.1 Å². The number of cyclic esters (lactones) is 1. The lowest BCUT2D eigenvalue weighted by Crippen LogP contribution is -2.45. The van der Waals surface area contributed by atoms with Gasteiger partial charge in [-0.25, -0.2) is 9.97 Å². The molecular weight excluding hydrogens is 370 g/mol. The summed E-state index contributed by atoms with van der Waals surface area (Å²) in [5, 5.41) is 1.01. The number of pyridine rings is 1. The zero-order chi connectivity index (χ0) is 20.0. The van der Waals surface area contributed by atoms with Gasteiger partial charge in [-0.3, -0.25) is 9.59 Å². The molecule has 1 atom stereocenters. The number of fused-ring (bicyclic) bond motifs is 1. The van der Waals surface area contributed by atoms with E-state index >= 15 is 0 Å². The van der Waals surface area contributed by atoms with Crippen molar-refractivity contribution in [1.82, 2.24) is 24.0 Å². The Morgan fingerprint density at radius 3 is 2.83 bits per heavy atom. The van der Waals surface area contributed by atoms with Crippen LogP contribution in [0.2, 0.25) is 0 Å². The number of aryl methyl sites for hydroxylation is 1. The largest absolute Gasteiger partial charge is 0.460 e. The second-order valence-corrected chi connectivity index (χ2v) is 8.10. The topological polar surface area (TPSA) is 82.3 Å². The molecule has 1 unspecified atom stereocenters. The number of rotatable bonds is 3. The van der Waals surface area contributed by atoms with Crippen LogP contribution in [0.15, 0.2) is 43.1 Å². The Kier molecular flexibility index (Phi) is 4.15. The molecule has 150 valence electrons. The molecule has 0 N–H and O–H groups in total. The van der Waals surface area contributed by atoms with Gasteiger partial charge in [0.1, 0.15) is 17.4 Å². The fourth-order valence-corrected chi connectivity index (χ4v) is 4.53. The Morgan fingerprint density at radius 2 is 2.07 bits per heavy atom. The third-order valence-corrected chi connectivity index (χ3v) is 6.24. The highest BCUT2D eigenvalue weighted by Crippen LogP contribution is 2.43. The van der Waals surface area contributed by atoms with Crippen molar-refractivity contribution in [2.75, 3.05) is 13.1 Å². The Hall–Kier alpha value is -3.16. The molecule has 2 saturated heterocycles. The van der Waals surface area contributed by atoms with Gasteiger partial charge in [-0.15, -0.1) is 0 Å². The van der Waals surface area contributed by atoms with E-state index in [1.54, 1.807) is 23.5 Å². The van der Waals surface area contributed by atoms with Crippen molar-refractivity contribution in [2.45, 2.75) is 31.9 Å². The standard InChI is InChI=1S/C21H23N5O3/c1-24-8-4-15-2-3-17(23-18(15)24)19(27)26-9-5-21(6-10-26)12-16(29-20(21)28)13-25-11-7-22-14-25/h2-4,7-8,11,14,16H,5-6,9-10,12-13H2,1H3. The second-order valence-electron chi connectivity index (χ2n) is 8.10. The average Bonchev–Trinajstić information content (AvgIpc) is 3.44. The number of imidazole rings is 1. The van der Waals surface area contributed by atoms with Gasteiger partial charge >= 0.3 is 5.97 Å². The highest BCUT2D eigenvalue weighted by Gasteiger charge is 2.50. The summed E-state index contributed by atoms with van der Waals surface area (Å²) >= 11 is 0. The molecule has 2 aliphatic rings. The van der Waals surface area contributed by atoms with Gasteiger partial charge < -0.3 is 18.8 Å². The summed E-state index contributed by atoms with van der Waals surface area (Å²) in [6.07, 6.45) is 9.07. The molecule has 0 bridgehead atoms. The molecule has 3 aromatic rings. The number of piperidine rings is 1. The summed E-state index contributed by atoms with van der Waals surface area (Å²) in [7, 11) is 1.92. The third kappa shape index (κ3) is 3.08. The zero-order valence-corrected chi connectivity index (χ0v) is 16.3. The molecule has 8 nitrogen and oxygen atoms in total. The number of aromatic nitrogens is 4. The van der Waals surface area contributed by atoms with Gasteiger partial charge in [-0.05, 0) is 31.0 Å². The van der Waals surface area contributed by atoms with E-state index in [2.05, 4.69) is 9.97 Å². The molecule has 8 heteroatoms. The Morgan fingerprint density at radius 1 is 1.24 bits per heavy atom. The summed E-state index contributed by atoms with van der Waals surface area (Å²) in [6.45, 7) is 1.70. The van der Waals surface area contributed by atoms with Crippen molar-refractivity contribution in [3.05, 3.63) is 48.8 Å². The van der Waals surface area contributed by atoms with Crippen LogP contribution in [0, 0.1) is 5.41 Å². The molecule has 0 radical (unpaired) electrons. The minimum absolute atomic E-state index is 0.0794. The first-order chi connectivity index (χ1) is 14.0. The van der Waals surface area contributed by atoms with E-state index < -0.39 is 5.41 Å². The number of hydrogen-bond donors (Lipinski definition) is 0. The first kappa shape index (κ1) is 17.9. The molecule has 5 heterocycles. The summed E-state index contributed by atoms with van der Waals surface area (Å²) < 4.78 is 9.50. The van der Waals surface area contributed by atoms with Crippen molar-refractivity contribution in [2.24, 2.45) is 12.5 Å². The van der Waals surface area contributed by atoms with Crippen LogP contribution in [0.1, 0.15) is 29.8 Å². The number of esters is 1. The molecule has 1 spiro atoms. The number of ether oxygens (including phenoxy) is 1. The minimum Gasteiger partial charge on any atom is -0.460 e. The van der Waals surface area contributed by atoms with Crippen LogP contribution in [-0.2, 0) is 23.1 Å². The molecule has 0 aliphatic carbocycles. The number of carbonyl (C=O) groups is 2. The van der Waals surface area contributed by atoms with Crippen LogP contribution in [0.4, 0.5) is 0 Å². The molecule has 1 amide bonds. The van der Waals surface area contributed by atoms with Crippen LogP contribution < -0.4 is 0 Å². The van der Waals surface area contributed by atoms with Crippen LogP contribution in [0.25, 0.3) is 11.0 Å². The van der Waals surface area contributed by atoms with Crippen LogP contribution in [0.5, 0.6) is 0 Å². The zero-order valence-electron chi connectivity index (χ0n) is 16.3. The molecular formula is C21H23N5O3. The Bertz CT molecular complexity index is 1060. The van der Waals surface area contributed by atoms with Gasteiger partial charge in [0.15, 0.2) is 0 Å². The minimum atomic E-state index is -0.475. The normalized spacial score (nSPS) is 21.1. The smallest absolute Gasteiger partial charge is 0.312 e. The maximum atomic E-state index is 13.0. The number of carbonyl (C=O) groups excluding carboxylic acids is 2. The predicted octanol–water partition coefficient (Wildman–Crippen LogP) is 2.01. The molecule has 2 fully saturated rings. The van der Waals surface area contributed by atoms with E-state index in [-0.39, 0.29) is 18.0 Å². The van der Waals surface area contributed by atoms with E-state index in [1.165, 1.54) is 0 Å². The van der Waals surface area contributed by atoms with Gasteiger partial charge in [0.2, 0.25) is 0 Å². The summed E-state index contributed by atoms with van der Waals surface area (Å²) in [4.78, 5) is 36.0. The number of likely N-dealkylation sites (tertiary alicyclic amines) is 1. The second kappa shape index (κ2) is 6.72. The number of nitrogens with zero attached hydrogens (tertiary/aromatic N) is 5. The highest BCUT2D eigenvalue weighted by atomic mass is 16.6. The van der Waals surface area contributed by atoms with E-state index in [1.807, 2.05) is 40.7 Å². The van der Waals surface area contributed by atoms with Gasteiger partial charge in [0, 0.05) is 50.5 Å². The SMILES string of the molecule is Cn1ccc2ccc(C(=O)N3CCC4(CC3)CC(Cn3ccnc3)OC4=O)nc21. The van der Waals surface area contributed by atoms with Crippen molar-refractivity contribution < 1.29 is 14.3 Å². The quantitative estimate of drug-likeness (QED) is 0.636. The van der Waals surface area contributed by atoms with Crippen molar-refractivity contribution in [1.29, 1.82) is 0 Å². The van der Waals surface area contributed by atoms with E-state index in [0.29, 0.717) is 44.6 Å². The fraction of sp³-hybridized carbons (Fsp3) is 0.429. The molecule has 3 aromatic heterocycles. The number of hydrogen-bond acceptors (Lipinski definition) is 5. The molecule has 2 aliphatic heterocycles. The predicted molar refractivity (Wildman–Crippen MR) is 105 cm³/mol. The highest BCUT2D eigenvalue weighted by molar-refractivity contribution is 5.94. The maximum Gasteiger partial charge on any atom is 0.312 e. The first-order valence-electron chi connectivity index (χ1n) is 9.92. The van der Waals surface area contributed by atoms with Gasteiger partial charge in [-0.2, -0.15) is 0 Å². The lowest BCUT2D eigenvalue weighted by Gasteiger charge is -2.36. The lowest BCUT2D eigenvalue weighted by molar-refractivity contribution is -0.150. The summed E-state index contributed by atoms with van der Waals surface area (Å²) in [5.74, 6) is -0.206. The van der Waals surface area contributed by atoms with Gasteiger partial charge in [0.25, 0.3) is 5.91 Å². The van der Waals surface area contributed by atoms with E-state index in [4.69, 9.17) is 4.74 Å². The monoisotopic (exact) mass is 393 g/mol. The molecule has 0 saturated carbocycles. The summed E-state index contributed by atoms with van der Waals surface area (Å²) in [6, 6.07) is 5.68. The van der Waals surface area contributed by atoms with Crippen LogP contribution in [0.3, 0.4) is 0 Å². The third-order valence-electron chi connectivity index (χ3n) is 6.24. The molecule has 0 aromatic carbocycles. The summed E-state index contributed by atoms with van der Waals surface area (Å²) in [5.41, 5.74) is 0.769. The van der Waals surface area contributed by atoms with E-state index in [0.717, 1.165) is 11.0 Å². The first-order valence-corrected chi connectivity index (χ1v) is 9.92. The number of amides is 1. The van der Waals surface area contributed by atoms with E-state index in [9.17, 15) is 9.59 Å². The fourth-order valence-electron chi connectivity index (χ4n) is 4.53.